The van der Waals surface area contributed by atoms with Gasteiger partial charge < -0.3 is 0 Å². The molecule has 18 heavy (non-hydrogen) atoms. The van der Waals surface area contributed by atoms with E-state index in [2.05, 4.69) is 40.3 Å². The zero-order valence-corrected chi connectivity index (χ0v) is 12.5. The molecule has 0 bridgehead atoms. The number of hydrazone groups is 1. The molecule has 0 fully saturated rings. The highest BCUT2D eigenvalue weighted by Gasteiger charge is 2.04. The van der Waals surface area contributed by atoms with E-state index < -0.39 is 0 Å². The van der Waals surface area contributed by atoms with E-state index in [0.717, 1.165) is 35.9 Å². The Hall–Kier alpha value is -1.16. The standard InChI is InChI=1S/C14H19BrN2O/c1-3-5-13(6-4-2)16-17-14(18)11-7-9-12(15)10-8-11/h7-10H,3-6H2,1-2H3,(H,17,18). The lowest BCUT2D eigenvalue weighted by Gasteiger charge is -2.05. The second-order valence-corrected chi connectivity index (χ2v) is 5.04. The van der Waals surface area contributed by atoms with E-state index in [4.69, 9.17) is 0 Å². The van der Waals surface area contributed by atoms with Crippen molar-refractivity contribution in [2.75, 3.05) is 0 Å². The summed E-state index contributed by atoms with van der Waals surface area (Å²) >= 11 is 3.34. The molecule has 1 aromatic rings. The molecule has 0 unspecified atom stereocenters. The number of nitrogens with one attached hydrogen (secondary N) is 1. The summed E-state index contributed by atoms with van der Waals surface area (Å²) < 4.78 is 0.959. The van der Waals surface area contributed by atoms with Crippen molar-refractivity contribution in [2.45, 2.75) is 39.5 Å². The van der Waals surface area contributed by atoms with Crippen LogP contribution in [0.3, 0.4) is 0 Å². The smallest absolute Gasteiger partial charge is 0.267 e. The number of nitrogens with zero attached hydrogens (tertiary/aromatic N) is 1. The first-order chi connectivity index (χ1) is 8.67. The topological polar surface area (TPSA) is 41.5 Å². The van der Waals surface area contributed by atoms with Crippen molar-refractivity contribution in [3.8, 4) is 0 Å². The summed E-state index contributed by atoms with van der Waals surface area (Å²) in [6.07, 6.45) is 3.98. The van der Waals surface area contributed by atoms with Crippen LogP contribution in [0, 0.1) is 0 Å². The fourth-order valence-electron chi connectivity index (χ4n) is 1.61. The van der Waals surface area contributed by atoms with Gasteiger partial charge in [0.15, 0.2) is 0 Å². The van der Waals surface area contributed by atoms with E-state index >= 15 is 0 Å². The van der Waals surface area contributed by atoms with Crippen LogP contribution < -0.4 is 5.43 Å². The highest BCUT2D eigenvalue weighted by molar-refractivity contribution is 9.10. The van der Waals surface area contributed by atoms with E-state index in [9.17, 15) is 4.79 Å². The highest BCUT2D eigenvalue weighted by atomic mass is 79.9. The van der Waals surface area contributed by atoms with Gasteiger partial charge in [-0.3, -0.25) is 4.79 Å². The third kappa shape index (κ3) is 5.00. The molecule has 0 aliphatic rings. The van der Waals surface area contributed by atoms with Crippen molar-refractivity contribution < 1.29 is 4.79 Å². The van der Waals surface area contributed by atoms with Crippen LogP contribution in [-0.4, -0.2) is 11.6 Å². The van der Waals surface area contributed by atoms with E-state index in [-0.39, 0.29) is 5.91 Å². The number of benzene rings is 1. The van der Waals surface area contributed by atoms with Gasteiger partial charge in [-0.05, 0) is 37.1 Å². The fraction of sp³-hybridized carbons (Fsp3) is 0.429. The van der Waals surface area contributed by atoms with Gasteiger partial charge in [0, 0.05) is 15.7 Å². The number of carbonyl (C=O) groups is 1. The Morgan fingerprint density at radius 1 is 1.17 bits per heavy atom. The van der Waals surface area contributed by atoms with Gasteiger partial charge in [0.1, 0.15) is 0 Å². The second kappa shape index (κ2) is 8.03. The predicted molar refractivity (Wildman–Crippen MR) is 78.9 cm³/mol. The summed E-state index contributed by atoms with van der Waals surface area (Å²) in [6, 6.07) is 7.23. The lowest BCUT2D eigenvalue weighted by Crippen LogP contribution is -2.19. The van der Waals surface area contributed by atoms with Gasteiger partial charge in [-0.25, -0.2) is 5.43 Å². The summed E-state index contributed by atoms with van der Waals surface area (Å²) in [4.78, 5) is 11.8. The molecular formula is C14H19BrN2O. The van der Waals surface area contributed by atoms with Crippen molar-refractivity contribution >= 4 is 27.5 Å². The molecule has 1 rings (SSSR count). The Morgan fingerprint density at radius 2 is 1.72 bits per heavy atom. The van der Waals surface area contributed by atoms with Crippen molar-refractivity contribution in [1.29, 1.82) is 0 Å². The SMILES string of the molecule is CCCC(CCC)=NNC(=O)c1ccc(Br)cc1. The highest BCUT2D eigenvalue weighted by Crippen LogP contribution is 2.10. The minimum atomic E-state index is -0.160. The Balaban J connectivity index is 2.63. The van der Waals surface area contributed by atoms with Crippen LogP contribution >= 0.6 is 15.9 Å². The summed E-state index contributed by atoms with van der Waals surface area (Å²) in [5.74, 6) is -0.160. The first kappa shape index (κ1) is 14.9. The Labute approximate surface area is 117 Å². The van der Waals surface area contributed by atoms with Crippen LogP contribution in [0.1, 0.15) is 49.9 Å². The first-order valence-electron chi connectivity index (χ1n) is 6.28. The summed E-state index contributed by atoms with van der Waals surface area (Å²) in [5, 5.41) is 4.21. The molecule has 4 heteroatoms. The second-order valence-electron chi connectivity index (χ2n) is 4.13. The van der Waals surface area contributed by atoms with Crippen molar-refractivity contribution in [3.05, 3.63) is 34.3 Å². The van der Waals surface area contributed by atoms with Crippen LogP contribution in [-0.2, 0) is 0 Å². The molecule has 0 atom stereocenters. The van der Waals surface area contributed by atoms with Gasteiger partial charge >= 0.3 is 0 Å². The largest absolute Gasteiger partial charge is 0.271 e. The number of rotatable bonds is 6. The quantitative estimate of drug-likeness (QED) is 0.623. The minimum absolute atomic E-state index is 0.160. The molecule has 0 aliphatic carbocycles. The molecule has 1 amide bonds. The Kier molecular flexibility index (Phi) is 6.65. The molecule has 0 saturated heterocycles. The molecule has 0 saturated carbocycles. The number of carbonyl (C=O) groups excluding carboxylic acids is 1. The van der Waals surface area contributed by atoms with Gasteiger partial charge in [-0.1, -0.05) is 42.6 Å². The maximum absolute atomic E-state index is 11.8. The monoisotopic (exact) mass is 310 g/mol. The van der Waals surface area contributed by atoms with Gasteiger partial charge in [-0.15, -0.1) is 0 Å². The fourth-order valence-corrected chi connectivity index (χ4v) is 1.87. The van der Waals surface area contributed by atoms with Gasteiger partial charge in [0.2, 0.25) is 0 Å². The average molecular weight is 311 g/mol. The molecule has 0 heterocycles. The van der Waals surface area contributed by atoms with Crippen LogP contribution in [0.4, 0.5) is 0 Å². The van der Waals surface area contributed by atoms with Crippen LogP contribution in [0.25, 0.3) is 0 Å². The zero-order chi connectivity index (χ0) is 13.4. The van der Waals surface area contributed by atoms with Gasteiger partial charge in [-0.2, -0.15) is 5.10 Å². The first-order valence-corrected chi connectivity index (χ1v) is 7.08. The third-order valence-corrected chi connectivity index (χ3v) is 3.03. The van der Waals surface area contributed by atoms with E-state index in [1.165, 1.54) is 0 Å². The van der Waals surface area contributed by atoms with Crippen LogP contribution in [0.2, 0.25) is 0 Å². The normalized spacial score (nSPS) is 9.94. The average Bonchev–Trinajstić information content (AvgIpc) is 2.37. The van der Waals surface area contributed by atoms with E-state index in [1.807, 2.05) is 12.1 Å². The van der Waals surface area contributed by atoms with Crippen molar-refractivity contribution in [2.24, 2.45) is 5.10 Å². The molecule has 0 aromatic heterocycles. The number of amides is 1. The molecule has 0 aliphatic heterocycles. The van der Waals surface area contributed by atoms with Crippen molar-refractivity contribution in [3.63, 3.8) is 0 Å². The maximum Gasteiger partial charge on any atom is 0.271 e. The predicted octanol–water partition coefficient (Wildman–Crippen LogP) is 4.14. The van der Waals surface area contributed by atoms with E-state index in [0.29, 0.717) is 5.56 Å². The molecule has 98 valence electrons. The maximum atomic E-state index is 11.8. The van der Waals surface area contributed by atoms with Crippen molar-refractivity contribution in [1.82, 2.24) is 5.43 Å². The Morgan fingerprint density at radius 3 is 2.22 bits per heavy atom. The summed E-state index contributed by atoms with van der Waals surface area (Å²) in [7, 11) is 0. The summed E-state index contributed by atoms with van der Waals surface area (Å²) in [6.45, 7) is 4.23. The Bertz CT molecular complexity index is 404. The molecular weight excluding hydrogens is 292 g/mol. The summed E-state index contributed by atoms with van der Waals surface area (Å²) in [5.41, 5.74) is 4.30. The number of hydrogen-bond acceptors (Lipinski definition) is 2. The minimum Gasteiger partial charge on any atom is -0.267 e. The zero-order valence-electron chi connectivity index (χ0n) is 10.9. The molecule has 1 aromatic carbocycles. The van der Waals surface area contributed by atoms with Gasteiger partial charge in [0.25, 0.3) is 5.91 Å². The lowest BCUT2D eigenvalue weighted by atomic mass is 10.1. The van der Waals surface area contributed by atoms with Gasteiger partial charge in [0.05, 0.1) is 0 Å². The number of hydrogen-bond donors (Lipinski definition) is 1. The number of halogens is 1. The molecule has 1 N–H and O–H groups in total. The molecule has 3 nitrogen and oxygen atoms in total. The van der Waals surface area contributed by atoms with E-state index in [1.54, 1.807) is 12.1 Å². The van der Waals surface area contributed by atoms with Crippen LogP contribution in [0.15, 0.2) is 33.8 Å². The third-order valence-electron chi connectivity index (χ3n) is 2.50. The molecule has 0 spiro atoms. The molecule has 0 radical (unpaired) electrons. The van der Waals surface area contributed by atoms with Crippen LogP contribution in [0.5, 0.6) is 0 Å². The lowest BCUT2D eigenvalue weighted by molar-refractivity contribution is 0.0954.